The maximum atomic E-state index is 10.8. The first-order valence-electron chi connectivity index (χ1n) is 6.47. The minimum atomic E-state index is -0.524. The van der Waals surface area contributed by atoms with Crippen LogP contribution in [0, 0.1) is 10.1 Å². The van der Waals surface area contributed by atoms with Crippen molar-refractivity contribution < 1.29 is 9.66 Å². The largest absolute Gasteiger partial charge is 0.379 e. The minimum Gasteiger partial charge on any atom is -0.379 e. The van der Waals surface area contributed by atoms with Crippen LogP contribution in [0.25, 0.3) is 0 Å². The Morgan fingerprint density at radius 2 is 2.25 bits per heavy atom. The summed E-state index contributed by atoms with van der Waals surface area (Å²) in [5.74, 6) is 0.191. The first-order valence-corrected chi connectivity index (χ1v) is 6.47. The van der Waals surface area contributed by atoms with Crippen molar-refractivity contribution in [3.63, 3.8) is 0 Å². The van der Waals surface area contributed by atoms with Crippen molar-refractivity contribution in [2.75, 3.05) is 50.4 Å². The fraction of sp³-hybridized carbons (Fsp3) is 0.636. The first-order chi connectivity index (χ1) is 9.66. The summed E-state index contributed by atoms with van der Waals surface area (Å²) in [5.41, 5.74) is 5.28. The van der Waals surface area contributed by atoms with Gasteiger partial charge in [0.15, 0.2) is 0 Å². The van der Waals surface area contributed by atoms with E-state index in [2.05, 4.69) is 20.2 Å². The molecule has 0 radical (unpaired) electrons. The van der Waals surface area contributed by atoms with Gasteiger partial charge in [0, 0.05) is 19.6 Å². The van der Waals surface area contributed by atoms with Gasteiger partial charge in [0.1, 0.15) is 6.20 Å². The molecule has 1 aliphatic heterocycles. The topological polar surface area (TPSA) is 119 Å². The Hall–Kier alpha value is -2.00. The van der Waals surface area contributed by atoms with E-state index in [0.29, 0.717) is 6.54 Å². The van der Waals surface area contributed by atoms with Crippen molar-refractivity contribution in [1.82, 2.24) is 14.9 Å². The van der Waals surface area contributed by atoms with Crippen molar-refractivity contribution in [3.05, 3.63) is 16.3 Å². The van der Waals surface area contributed by atoms with Crippen LogP contribution in [0.2, 0.25) is 0 Å². The number of rotatable bonds is 6. The Morgan fingerprint density at radius 1 is 1.50 bits per heavy atom. The smallest absolute Gasteiger partial charge is 0.329 e. The monoisotopic (exact) mass is 282 g/mol. The fourth-order valence-corrected chi connectivity index (χ4v) is 1.99. The van der Waals surface area contributed by atoms with E-state index in [1.807, 2.05) is 0 Å². The molecule has 0 unspecified atom stereocenters. The highest BCUT2D eigenvalue weighted by Crippen LogP contribution is 2.20. The van der Waals surface area contributed by atoms with E-state index in [0.717, 1.165) is 45.5 Å². The highest BCUT2D eigenvalue weighted by molar-refractivity contribution is 5.56. The molecule has 0 saturated carbocycles. The van der Waals surface area contributed by atoms with Crippen molar-refractivity contribution in [3.8, 4) is 0 Å². The number of nitrogen functional groups attached to an aromatic ring is 1. The lowest BCUT2D eigenvalue weighted by atomic mass is 10.3. The quantitative estimate of drug-likeness (QED) is 0.428. The molecule has 9 heteroatoms. The van der Waals surface area contributed by atoms with Crippen LogP contribution in [0.3, 0.4) is 0 Å². The molecule has 1 aliphatic rings. The van der Waals surface area contributed by atoms with E-state index in [4.69, 9.17) is 10.5 Å². The zero-order valence-electron chi connectivity index (χ0n) is 11.1. The van der Waals surface area contributed by atoms with Crippen LogP contribution in [0.4, 0.5) is 17.5 Å². The van der Waals surface area contributed by atoms with Crippen LogP contribution in [0.1, 0.15) is 6.42 Å². The molecule has 2 rings (SSSR count). The number of hydrogen-bond acceptors (Lipinski definition) is 8. The van der Waals surface area contributed by atoms with Gasteiger partial charge in [0.2, 0.25) is 11.8 Å². The first kappa shape index (κ1) is 14.4. The van der Waals surface area contributed by atoms with Gasteiger partial charge in [0.05, 0.1) is 18.1 Å². The number of nitrogens with one attached hydrogen (secondary N) is 1. The Bertz CT molecular complexity index is 463. The lowest BCUT2D eigenvalue weighted by Gasteiger charge is -2.26. The molecule has 20 heavy (non-hydrogen) atoms. The van der Waals surface area contributed by atoms with Gasteiger partial charge in [-0.25, -0.2) is 4.98 Å². The van der Waals surface area contributed by atoms with Gasteiger partial charge in [-0.3, -0.25) is 15.0 Å². The average molecular weight is 282 g/mol. The number of aromatic nitrogens is 2. The standard InChI is InChI=1S/C11H18N6O3/c12-11-14-8-9(17(18)19)10(15-11)13-2-1-3-16-4-6-20-7-5-16/h8H,1-7H2,(H3,12,13,14,15). The third kappa shape index (κ3) is 4.00. The number of hydrogen-bond donors (Lipinski definition) is 2. The summed E-state index contributed by atoms with van der Waals surface area (Å²) in [4.78, 5) is 20.1. The third-order valence-corrected chi connectivity index (χ3v) is 3.03. The van der Waals surface area contributed by atoms with Gasteiger partial charge < -0.3 is 15.8 Å². The van der Waals surface area contributed by atoms with E-state index in [1.165, 1.54) is 0 Å². The molecule has 110 valence electrons. The van der Waals surface area contributed by atoms with Crippen molar-refractivity contribution in [2.24, 2.45) is 0 Å². The maximum absolute atomic E-state index is 10.8. The summed E-state index contributed by atoms with van der Waals surface area (Å²) in [6.07, 6.45) is 1.98. The molecule has 0 spiro atoms. The molecule has 9 nitrogen and oxygen atoms in total. The summed E-state index contributed by atoms with van der Waals surface area (Å²) in [7, 11) is 0. The Kier molecular flexibility index (Phi) is 5.02. The van der Waals surface area contributed by atoms with Gasteiger partial charge in [0.25, 0.3) is 0 Å². The number of nitrogens with two attached hydrogens (primary N) is 1. The molecule has 0 amide bonds. The van der Waals surface area contributed by atoms with Gasteiger partial charge in [-0.05, 0) is 13.0 Å². The minimum absolute atomic E-state index is 0.0197. The summed E-state index contributed by atoms with van der Waals surface area (Å²) in [5, 5.41) is 13.8. The highest BCUT2D eigenvalue weighted by Gasteiger charge is 2.16. The van der Waals surface area contributed by atoms with E-state index in [-0.39, 0.29) is 17.5 Å². The number of nitro groups is 1. The number of anilines is 2. The van der Waals surface area contributed by atoms with Crippen LogP contribution >= 0.6 is 0 Å². The van der Waals surface area contributed by atoms with Crippen molar-refractivity contribution in [1.29, 1.82) is 0 Å². The Labute approximate surface area is 116 Å². The van der Waals surface area contributed by atoms with Crippen LogP contribution in [-0.4, -0.2) is 59.2 Å². The number of ether oxygens (including phenoxy) is 1. The molecule has 1 saturated heterocycles. The van der Waals surface area contributed by atoms with Crippen molar-refractivity contribution >= 4 is 17.5 Å². The van der Waals surface area contributed by atoms with Crippen LogP contribution in [0.5, 0.6) is 0 Å². The molecule has 1 aromatic rings. The molecule has 3 N–H and O–H groups in total. The second kappa shape index (κ2) is 6.96. The van der Waals surface area contributed by atoms with Gasteiger partial charge in [-0.1, -0.05) is 0 Å². The summed E-state index contributed by atoms with van der Waals surface area (Å²) in [6.45, 7) is 4.91. The number of nitrogens with zero attached hydrogens (tertiary/aromatic N) is 4. The van der Waals surface area contributed by atoms with Gasteiger partial charge in [-0.15, -0.1) is 0 Å². The van der Waals surface area contributed by atoms with Gasteiger partial charge in [-0.2, -0.15) is 4.98 Å². The summed E-state index contributed by atoms with van der Waals surface area (Å²) >= 11 is 0. The Balaban J connectivity index is 1.81. The molecule has 0 aromatic carbocycles. The second-order valence-corrected chi connectivity index (χ2v) is 4.45. The molecule has 0 aliphatic carbocycles. The van der Waals surface area contributed by atoms with E-state index < -0.39 is 4.92 Å². The SMILES string of the molecule is Nc1ncc([N+](=O)[O-])c(NCCCN2CCOCC2)n1. The van der Waals surface area contributed by atoms with Crippen LogP contribution in [0.15, 0.2) is 6.20 Å². The van der Waals surface area contributed by atoms with Crippen LogP contribution in [-0.2, 0) is 4.74 Å². The predicted octanol–water partition coefficient (Wildman–Crippen LogP) is 0.101. The normalized spacial score (nSPS) is 16.0. The molecular formula is C11H18N6O3. The highest BCUT2D eigenvalue weighted by atomic mass is 16.6. The van der Waals surface area contributed by atoms with E-state index in [1.54, 1.807) is 0 Å². The predicted molar refractivity (Wildman–Crippen MR) is 73.5 cm³/mol. The molecule has 1 aromatic heterocycles. The fourth-order valence-electron chi connectivity index (χ4n) is 1.99. The summed E-state index contributed by atoms with van der Waals surface area (Å²) < 4.78 is 5.27. The zero-order chi connectivity index (χ0) is 14.4. The molecular weight excluding hydrogens is 264 g/mol. The zero-order valence-corrected chi connectivity index (χ0v) is 11.1. The van der Waals surface area contributed by atoms with Crippen molar-refractivity contribution in [2.45, 2.75) is 6.42 Å². The molecule has 1 fully saturated rings. The van der Waals surface area contributed by atoms with Crippen LogP contribution < -0.4 is 11.1 Å². The second-order valence-electron chi connectivity index (χ2n) is 4.45. The van der Waals surface area contributed by atoms with E-state index in [9.17, 15) is 10.1 Å². The molecule has 0 atom stereocenters. The molecule has 0 bridgehead atoms. The molecule has 2 heterocycles. The summed E-state index contributed by atoms with van der Waals surface area (Å²) in [6, 6.07) is 0. The van der Waals surface area contributed by atoms with Gasteiger partial charge >= 0.3 is 5.69 Å². The number of morpholine rings is 1. The third-order valence-electron chi connectivity index (χ3n) is 3.03. The lowest BCUT2D eigenvalue weighted by Crippen LogP contribution is -2.37. The van der Waals surface area contributed by atoms with E-state index >= 15 is 0 Å². The maximum Gasteiger partial charge on any atom is 0.329 e. The average Bonchev–Trinajstić information content (AvgIpc) is 2.44. The Morgan fingerprint density at radius 3 is 2.95 bits per heavy atom. The lowest BCUT2D eigenvalue weighted by molar-refractivity contribution is -0.384.